The number of ether oxygens (including phenoxy) is 1. The van der Waals surface area contributed by atoms with Crippen molar-refractivity contribution < 1.29 is 32.6 Å². The van der Waals surface area contributed by atoms with Crippen LogP contribution in [0.3, 0.4) is 0 Å². The lowest BCUT2D eigenvalue weighted by Crippen LogP contribution is -2.47. The van der Waals surface area contributed by atoms with Gasteiger partial charge in [0, 0.05) is 49.9 Å². The number of carbonyl (C=O) groups is 2. The number of aromatic nitrogens is 2. The Morgan fingerprint density at radius 2 is 1.84 bits per heavy atom. The molecule has 2 aromatic carbocycles. The number of amides is 1. The first-order valence-corrected chi connectivity index (χ1v) is 11.8. The highest BCUT2D eigenvalue weighted by molar-refractivity contribution is 5.85. The van der Waals surface area contributed by atoms with Gasteiger partial charge in [0.2, 0.25) is 5.91 Å². The number of carboxylic acid groups (broad SMARTS) is 1. The van der Waals surface area contributed by atoms with E-state index in [1.807, 2.05) is 39.8 Å². The summed E-state index contributed by atoms with van der Waals surface area (Å²) < 4.78 is 43.4. The fraction of sp³-hybridized carbons (Fsp3) is 0.346. The Morgan fingerprint density at radius 1 is 1.11 bits per heavy atom. The van der Waals surface area contributed by atoms with Crippen LogP contribution in [0.1, 0.15) is 24.1 Å². The van der Waals surface area contributed by atoms with Gasteiger partial charge in [-0.15, -0.1) is 13.2 Å². The predicted molar refractivity (Wildman–Crippen MR) is 129 cm³/mol. The van der Waals surface area contributed by atoms with Gasteiger partial charge in [-0.3, -0.25) is 4.79 Å². The van der Waals surface area contributed by atoms with E-state index in [2.05, 4.69) is 15.0 Å². The van der Waals surface area contributed by atoms with Gasteiger partial charge in [0.15, 0.2) is 0 Å². The number of aliphatic carboxylic acids is 1. The maximum Gasteiger partial charge on any atom is 0.573 e. The summed E-state index contributed by atoms with van der Waals surface area (Å²) in [6, 6.07) is 14.4. The summed E-state index contributed by atoms with van der Waals surface area (Å²) in [5.74, 6) is -2.21. The van der Waals surface area contributed by atoms with E-state index in [4.69, 9.17) is 0 Å². The van der Waals surface area contributed by atoms with E-state index in [-0.39, 0.29) is 18.1 Å². The molecule has 1 amide bonds. The molecule has 1 saturated heterocycles. The molecule has 0 unspecified atom stereocenters. The molecule has 1 fully saturated rings. The first kappa shape index (κ1) is 26.1. The molecule has 0 spiro atoms. The average molecular weight is 517 g/mol. The minimum atomic E-state index is -4.77. The summed E-state index contributed by atoms with van der Waals surface area (Å²) in [6.07, 6.45) is -0.446. The number of anilines is 1. The number of benzene rings is 2. The van der Waals surface area contributed by atoms with Gasteiger partial charge < -0.3 is 24.6 Å². The first-order chi connectivity index (χ1) is 17.7. The minimum Gasteiger partial charge on any atom is -0.480 e. The molecule has 0 radical (unpaired) electrons. The third-order valence-electron chi connectivity index (χ3n) is 6.20. The van der Waals surface area contributed by atoms with Crippen LogP contribution in [0.5, 0.6) is 5.75 Å². The van der Waals surface area contributed by atoms with Crippen molar-refractivity contribution in [3.63, 3.8) is 0 Å². The van der Waals surface area contributed by atoms with Crippen molar-refractivity contribution in [2.75, 3.05) is 18.0 Å². The van der Waals surface area contributed by atoms with Crippen molar-refractivity contribution in [3.8, 4) is 5.75 Å². The molecular formula is C26H27F3N4O4. The number of carbonyl (C=O) groups excluding carboxylic acids is 1. The lowest BCUT2D eigenvalue weighted by Gasteiger charge is -2.33. The smallest absolute Gasteiger partial charge is 0.480 e. The van der Waals surface area contributed by atoms with E-state index in [0.29, 0.717) is 43.9 Å². The molecule has 2 heterocycles. The second kappa shape index (κ2) is 11.4. The summed E-state index contributed by atoms with van der Waals surface area (Å²) in [5.41, 5.74) is 2.20. The second-order valence-electron chi connectivity index (χ2n) is 8.93. The molecule has 1 aliphatic heterocycles. The van der Waals surface area contributed by atoms with Gasteiger partial charge in [-0.2, -0.15) is 0 Å². The van der Waals surface area contributed by atoms with Gasteiger partial charge in [-0.25, -0.2) is 9.78 Å². The third kappa shape index (κ3) is 7.48. The number of piperidine rings is 1. The van der Waals surface area contributed by atoms with Crippen LogP contribution in [0.25, 0.3) is 0 Å². The second-order valence-corrected chi connectivity index (χ2v) is 8.93. The predicted octanol–water partition coefficient (Wildman–Crippen LogP) is 3.86. The lowest BCUT2D eigenvalue weighted by atomic mass is 9.95. The molecule has 196 valence electrons. The number of halogens is 3. The molecule has 8 nitrogen and oxygen atoms in total. The lowest BCUT2D eigenvalue weighted by molar-refractivity contribution is -0.274. The largest absolute Gasteiger partial charge is 0.573 e. The van der Waals surface area contributed by atoms with Crippen LogP contribution in [0.15, 0.2) is 67.1 Å². The van der Waals surface area contributed by atoms with E-state index in [0.717, 1.165) is 5.56 Å². The highest BCUT2D eigenvalue weighted by Crippen LogP contribution is 2.29. The van der Waals surface area contributed by atoms with Crippen molar-refractivity contribution in [1.82, 2.24) is 14.9 Å². The molecule has 2 N–H and O–H groups in total. The molecular weight excluding hydrogens is 489 g/mol. The quantitative estimate of drug-likeness (QED) is 0.449. The summed E-state index contributed by atoms with van der Waals surface area (Å²) >= 11 is 0. The highest BCUT2D eigenvalue weighted by Gasteiger charge is 2.32. The summed E-state index contributed by atoms with van der Waals surface area (Å²) in [6.45, 7) is 1.48. The Bertz CT molecular complexity index is 1210. The Hall–Kier alpha value is -4.02. The molecule has 3 aromatic rings. The van der Waals surface area contributed by atoms with Gasteiger partial charge in [0.25, 0.3) is 0 Å². The van der Waals surface area contributed by atoms with Gasteiger partial charge in [-0.05, 0) is 30.5 Å². The number of rotatable bonds is 9. The number of nitrogens with zero attached hydrogens (tertiary/aromatic N) is 3. The van der Waals surface area contributed by atoms with Crippen LogP contribution in [0.4, 0.5) is 18.9 Å². The van der Waals surface area contributed by atoms with Gasteiger partial charge in [0.1, 0.15) is 11.8 Å². The fourth-order valence-electron chi connectivity index (χ4n) is 4.37. The average Bonchev–Trinajstić information content (AvgIpc) is 3.30. The van der Waals surface area contributed by atoms with Gasteiger partial charge in [0.05, 0.1) is 12.0 Å². The van der Waals surface area contributed by atoms with Crippen molar-refractivity contribution >= 4 is 17.6 Å². The van der Waals surface area contributed by atoms with E-state index >= 15 is 0 Å². The zero-order valence-corrected chi connectivity index (χ0v) is 19.9. The van der Waals surface area contributed by atoms with E-state index in [1.165, 1.54) is 18.2 Å². The zero-order valence-electron chi connectivity index (χ0n) is 19.9. The minimum absolute atomic E-state index is 0.0493. The molecule has 1 aromatic heterocycles. The zero-order chi connectivity index (χ0) is 26.4. The Kier molecular flexibility index (Phi) is 8.00. The van der Waals surface area contributed by atoms with Crippen LogP contribution >= 0.6 is 0 Å². The summed E-state index contributed by atoms with van der Waals surface area (Å²) in [7, 11) is 0. The van der Waals surface area contributed by atoms with Crippen molar-refractivity contribution in [2.24, 2.45) is 5.92 Å². The SMILES string of the molecule is O=C(N[C@@H](Cc1cn(Cc2ccccc2)cn1)C(=O)O)C1CCN(c2cccc(OC(F)(F)F)c2)CC1. The summed E-state index contributed by atoms with van der Waals surface area (Å²) in [5, 5.41) is 12.3. The number of alkyl halides is 3. The highest BCUT2D eigenvalue weighted by atomic mass is 19.4. The molecule has 37 heavy (non-hydrogen) atoms. The molecule has 1 atom stereocenters. The molecule has 4 rings (SSSR count). The number of hydrogen-bond donors (Lipinski definition) is 2. The van der Waals surface area contributed by atoms with Crippen molar-refractivity contribution in [1.29, 1.82) is 0 Å². The van der Waals surface area contributed by atoms with Gasteiger partial charge in [-0.1, -0.05) is 36.4 Å². The Labute approximate surface area is 211 Å². The number of carboxylic acids is 1. The van der Waals surface area contributed by atoms with E-state index in [1.54, 1.807) is 18.6 Å². The number of imidazole rings is 1. The molecule has 1 aliphatic rings. The van der Waals surface area contributed by atoms with Gasteiger partial charge >= 0.3 is 12.3 Å². The van der Waals surface area contributed by atoms with Crippen molar-refractivity contribution in [2.45, 2.75) is 38.2 Å². The van der Waals surface area contributed by atoms with E-state index in [9.17, 15) is 27.9 Å². The van der Waals surface area contributed by atoms with Crippen LogP contribution in [-0.2, 0) is 22.6 Å². The van der Waals surface area contributed by atoms with E-state index < -0.39 is 24.3 Å². The van der Waals surface area contributed by atoms with Crippen LogP contribution in [0, 0.1) is 5.92 Å². The number of nitrogens with one attached hydrogen (secondary N) is 1. The Balaban J connectivity index is 1.30. The van der Waals surface area contributed by atoms with Crippen LogP contribution in [0.2, 0.25) is 0 Å². The molecule has 0 aliphatic carbocycles. The van der Waals surface area contributed by atoms with Crippen LogP contribution < -0.4 is 15.0 Å². The maximum atomic E-state index is 12.8. The summed E-state index contributed by atoms with van der Waals surface area (Å²) in [4.78, 5) is 30.8. The molecule has 0 saturated carbocycles. The van der Waals surface area contributed by atoms with Crippen LogP contribution in [-0.4, -0.2) is 52.0 Å². The normalized spacial score (nSPS) is 15.3. The number of hydrogen-bond acceptors (Lipinski definition) is 5. The third-order valence-corrected chi connectivity index (χ3v) is 6.20. The molecule has 0 bridgehead atoms. The Morgan fingerprint density at radius 3 is 2.51 bits per heavy atom. The monoisotopic (exact) mass is 516 g/mol. The topological polar surface area (TPSA) is 96.7 Å². The first-order valence-electron chi connectivity index (χ1n) is 11.8. The molecule has 11 heteroatoms. The van der Waals surface area contributed by atoms with Crippen molar-refractivity contribution in [3.05, 3.63) is 78.4 Å². The maximum absolute atomic E-state index is 12.8. The fourth-order valence-corrected chi connectivity index (χ4v) is 4.37. The standard InChI is InChI=1S/C26H27F3N4O4/c27-26(28,29)37-22-8-4-7-21(14-22)33-11-9-19(10-12-33)24(34)31-23(25(35)36)13-20-16-32(17-30-20)15-18-5-2-1-3-6-18/h1-8,14,16-17,19,23H,9-13,15H2,(H,31,34)(H,35,36)/t23-/m0/s1.